The van der Waals surface area contributed by atoms with Crippen LogP contribution in [0.15, 0.2) is 6.07 Å². The van der Waals surface area contributed by atoms with Crippen molar-refractivity contribution in [3.8, 4) is 5.75 Å². The molecule has 0 aromatic heterocycles. The van der Waals surface area contributed by atoms with Crippen LogP contribution < -0.4 is 4.52 Å². The Hall–Kier alpha value is -0.635. The highest BCUT2D eigenvalue weighted by atomic mass is 31.2. The molecule has 3 nitrogen and oxygen atoms in total. The molecule has 0 amide bonds. The van der Waals surface area contributed by atoms with Crippen molar-refractivity contribution in [2.24, 2.45) is 0 Å². The van der Waals surface area contributed by atoms with Crippen molar-refractivity contribution < 1.29 is 18.0 Å². The molecule has 1 aromatic rings. The standard InChI is InChI=1S/C16H23BFO3P/c1-15(2,3)11-7-12(16(4,5)6)14-10(13(11)18)8-19-22(21-14)20-9-17/h7H,8-9H2,1-6H3. The Kier molecular flexibility index (Phi) is 4.92. The van der Waals surface area contributed by atoms with Gasteiger partial charge in [-0.25, -0.2) is 4.39 Å². The monoisotopic (exact) mass is 324 g/mol. The van der Waals surface area contributed by atoms with E-state index in [-0.39, 0.29) is 29.8 Å². The molecule has 1 atom stereocenters. The molecule has 0 aliphatic carbocycles. The molecule has 0 bridgehead atoms. The predicted octanol–water partition coefficient (Wildman–Crippen LogP) is 4.70. The second-order valence-corrected chi connectivity index (χ2v) is 8.62. The van der Waals surface area contributed by atoms with Crippen molar-refractivity contribution in [1.29, 1.82) is 0 Å². The zero-order chi connectivity index (χ0) is 16.7. The van der Waals surface area contributed by atoms with Gasteiger partial charge in [0.05, 0.1) is 12.2 Å². The molecular formula is C16H23BFO3P. The van der Waals surface area contributed by atoms with Gasteiger partial charge in [-0.2, -0.15) is 0 Å². The number of halogens is 1. The Morgan fingerprint density at radius 3 is 2.27 bits per heavy atom. The molecule has 1 unspecified atom stereocenters. The van der Waals surface area contributed by atoms with E-state index in [2.05, 4.69) is 20.8 Å². The molecule has 2 radical (unpaired) electrons. The Bertz CT molecular complexity index is 564. The van der Waals surface area contributed by atoms with E-state index in [1.54, 1.807) is 0 Å². The summed E-state index contributed by atoms with van der Waals surface area (Å²) in [6.45, 7) is 12.4. The van der Waals surface area contributed by atoms with Crippen LogP contribution in [-0.2, 0) is 26.5 Å². The molecule has 22 heavy (non-hydrogen) atoms. The minimum absolute atomic E-state index is 0.00838. The van der Waals surface area contributed by atoms with Crippen molar-refractivity contribution in [3.63, 3.8) is 0 Å². The van der Waals surface area contributed by atoms with Gasteiger partial charge >= 0.3 is 8.60 Å². The summed E-state index contributed by atoms with van der Waals surface area (Å²) in [5.74, 6) is 0.293. The molecule has 0 N–H and O–H groups in total. The first-order valence-corrected chi connectivity index (χ1v) is 8.45. The van der Waals surface area contributed by atoms with Gasteiger partial charge in [-0.1, -0.05) is 41.5 Å². The average Bonchev–Trinajstić information content (AvgIpc) is 2.36. The summed E-state index contributed by atoms with van der Waals surface area (Å²) < 4.78 is 31.4. The lowest BCUT2D eigenvalue weighted by molar-refractivity contribution is 0.194. The quantitative estimate of drug-likeness (QED) is 0.583. The molecule has 0 saturated carbocycles. The van der Waals surface area contributed by atoms with E-state index in [1.807, 2.05) is 26.8 Å². The van der Waals surface area contributed by atoms with Gasteiger partial charge in [-0.05, 0) is 22.5 Å². The average molecular weight is 324 g/mol. The van der Waals surface area contributed by atoms with E-state index in [9.17, 15) is 4.39 Å². The van der Waals surface area contributed by atoms with Crippen molar-refractivity contribution in [3.05, 3.63) is 28.6 Å². The highest BCUT2D eigenvalue weighted by Gasteiger charge is 2.35. The van der Waals surface area contributed by atoms with Gasteiger partial charge in [-0.15, -0.1) is 0 Å². The molecule has 1 aliphatic rings. The Balaban J connectivity index is 2.62. The van der Waals surface area contributed by atoms with Crippen LogP contribution in [0.25, 0.3) is 0 Å². The fourth-order valence-corrected chi connectivity index (χ4v) is 3.27. The van der Waals surface area contributed by atoms with Crippen LogP contribution in [-0.4, -0.2) is 14.4 Å². The third-order valence-electron chi connectivity index (χ3n) is 3.58. The van der Waals surface area contributed by atoms with Gasteiger partial charge in [0, 0.05) is 12.1 Å². The molecule has 6 heteroatoms. The summed E-state index contributed by atoms with van der Waals surface area (Å²) in [4.78, 5) is 0. The highest BCUT2D eigenvalue weighted by Crippen LogP contribution is 2.52. The van der Waals surface area contributed by atoms with Gasteiger partial charge in [0.2, 0.25) is 0 Å². The minimum Gasteiger partial charge on any atom is -0.426 e. The van der Waals surface area contributed by atoms with Crippen LogP contribution in [0, 0.1) is 5.82 Å². The van der Waals surface area contributed by atoms with Gasteiger partial charge in [0.25, 0.3) is 0 Å². The summed E-state index contributed by atoms with van der Waals surface area (Å²) in [5, 5.41) is 0. The molecule has 1 aromatic carbocycles. The summed E-state index contributed by atoms with van der Waals surface area (Å²) in [7, 11) is 3.81. The number of fused-ring (bicyclic) bond motifs is 1. The Labute approximate surface area is 134 Å². The van der Waals surface area contributed by atoms with Crippen LogP contribution in [0.3, 0.4) is 0 Å². The normalized spacial score (nSPS) is 18.8. The first-order valence-electron chi connectivity index (χ1n) is 7.36. The predicted molar refractivity (Wildman–Crippen MR) is 87.8 cm³/mol. The van der Waals surface area contributed by atoms with E-state index < -0.39 is 8.60 Å². The van der Waals surface area contributed by atoms with Crippen LogP contribution in [0.1, 0.15) is 58.2 Å². The topological polar surface area (TPSA) is 27.7 Å². The third-order valence-corrected chi connectivity index (χ3v) is 4.62. The van der Waals surface area contributed by atoms with Crippen molar-refractivity contribution in [2.45, 2.75) is 59.0 Å². The highest BCUT2D eigenvalue weighted by molar-refractivity contribution is 7.42. The lowest BCUT2D eigenvalue weighted by atomic mass is 9.78. The van der Waals surface area contributed by atoms with Gasteiger partial charge in [-0.3, -0.25) is 4.52 Å². The molecule has 120 valence electrons. The number of rotatable bonds is 2. The molecule has 0 saturated heterocycles. The van der Waals surface area contributed by atoms with Crippen LogP contribution >= 0.6 is 8.60 Å². The Morgan fingerprint density at radius 1 is 1.18 bits per heavy atom. The summed E-state index contributed by atoms with van der Waals surface area (Å²) in [5.41, 5.74) is 1.63. The molecule has 2 rings (SSSR count). The summed E-state index contributed by atoms with van der Waals surface area (Å²) in [6.07, 6.45) is 0. The zero-order valence-corrected chi connectivity index (χ0v) is 15.0. The summed E-state index contributed by atoms with van der Waals surface area (Å²) >= 11 is 0. The van der Waals surface area contributed by atoms with E-state index in [1.165, 1.54) is 0 Å². The molecule has 0 fully saturated rings. The molecule has 1 aliphatic heterocycles. The minimum atomic E-state index is -1.56. The molecule has 0 spiro atoms. The molecule has 1 heterocycles. The van der Waals surface area contributed by atoms with Crippen molar-refractivity contribution >= 4 is 16.4 Å². The smallest absolute Gasteiger partial charge is 0.396 e. The second-order valence-electron chi connectivity index (χ2n) is 7.48. The zero-order valence-electron chi connectivity index (χ0n) is 14.1. The van der Waals surface area contributed by atoms with Crippen LogP contribution in [0.4, 0.5) is 4.39 Å². The van der Waals surface area contributed by atoms with Crippen LogP contribution in [0.2, 0.25) is 0 Å². The van der Waals surface area contributed by atoms with Crippen molar-refractivity contribution in [1.82, 2.24) is 0 Å². The SMILES string of the molecule is [B]COP1OCc2c(F)c(C(C)(C)C)cc(C(C)(C)C)c2O1. The fourth-order valence-electron chi connectivity index (χ4n) is 2.38. The van der Waals surface area contributed by atoms with Gasteiger partial charge < -0.3 is 9.05 Å². The largest absolute Gasteiger partial charge is 0.426 e. The number of hydrogen-bond acceptors (Lipinski definition) is 3. The number of benzene rings is 1. The van der Waals surface area contributed by atoms with E-state index in [0.717, 1.165) is 5.56 Å². The van der Waals surface area contributed by atoms with E-state index >= 15 is 0 Å². The lowest BCUT2D eigenvalue weighted by Gasteiger charge is -2.33. The van der Waals surface area contributed by atoms with Gasteiger partial charge in [0.1, 0.15) is 19.4 Å². The van der Waals surface area contributed by atoms with E-state index in [4.69, 9.17) is 21.4 Å². The maximum atomic E-state index is 14.9. The van der Waals surface area contributed by atoms with Crippen molar-refractivity contribution in [2.75, 3.05) is 6.51 Å². The third kappa shape index (κ3) is 3.47. The Morgan fingerprint density at radius 2 is 1.77 bits per heavy atom. The summed E-state index contributed by atoms with van der Waals surface area (Å²) in [6, 6.07) is 1.91. The second kappa shape index (κ2) is 6.11. The van der Waals surface area contributed by atoms with Gasteiger partial charge in [0.15, 0.2) is 0 Å². The lowest BCUT2D eigenvalue weighted by Crippen LogP contribution is -2.23. The van der Waals surface area contributed by atoms with Crippen LogP contribution in [0.5, 0.6) is 5.75 Å². The molecular weight excluding hydrogens is 301 g/mol. The fraction of sp³-hybridized carbons (Fsp3) is 0.625. The number of hydrogen-bond donors (Lipinski definition) is 0. The first-order chi connectivity index (χ1) is 10.1. The first kappa shape index (κ1) is 17.7. The maximum Gasteiger partial charge on any atom is 0.396 e. The van der Waals surface area contributed by atoms with E-state index in [0.29, 0.717) is 16.9 Å². The maximum absolute atomic E-state index is 14.9.